The van der Waals surface area contributed by atoms with Crippen molar-refractivity contribution in [2.45, 2.75) is 13.8 Å². The fraction of sp³-hybridized carbons (Fsp3) is 0.118. The molecule has 1 amide bonds. The van der Waals surface area contributed by atoms with Crippen molar-refractivity contribution in [3.05, 3.63) is 62.4 Å². The molecule has 1 N–H and O–H groups in total. The van der Waals surface area contributed by atoms with Gasteiger partial charge in [0, 0.05) is 20.8 Å². The summed E-state index contributed by atoms with van der Waals surface area (Å²) in [4.78, 5) is 13.0. The van der Waals surface area contributed by atoms with E-state index < -0.39 is 0 Å². The molecule has 0 spiro atoms. The second-order valence-corrected chi connectivity index (χ2v) is 6.95. The second-order valence-electron chi connectivity index (χ2n) is 5.11. The van der Waals surface area contributed by atoms with Gasteiger partial charge in [-0.25, -0.2) is 0 Å². The van der Waals surface area contributed by atoms with E-state index in [-0.39, 0.29) is 5.91 Å². The van der Waals surface area contributed by atoms with Crippen molar-refractivity contribution in [1.82, 2.24) is 0 Å². The number of rotatable bonds is 2. The van der Waals surface area contributed by atoms with Crippen LogP contribution >= 0.6 is 34.5 Å². The van der Waals surface area contributed by atoms with Crippen LogP contribution in [0.25, 0.3) is 10.1 Å². The summed E-state index contributed by atoms with van der Waals surface area (Å²) in [6.07, 6.45) is 0. The van der Waals surface area contributed by atoms with Gasteiger partial charge in [0.15, 0.2) is 0 Å². The standard InChI is InChI=1S/C17H13Cl2NOS/c1-9-6-7-11-14(8-9)22-16(15(11)19)17(21)20-13-5-3-4-12(18)10(13)2/h3-8H,1-2H3,(H,20,21). The monoisotopic (exact) mass is 349 g/mol. The van der Waals surface area contributed by atoms with E-state index in [0.29, 0.717) is 20.6 Å². The zero-order valence-electron chi connectivity index (χ0n) is 12.0. The molecule has 22 heavy (non-hydrogen) atoms. The first-order valence-corrected chi connectivity index (χ1v) is 8.29. The first-order valence-electron chi connectivity index (χ1n) is 6.72. The molecule has 0 atom stereocenters. The molecule has 1 heterocycles. The van der Waals surface area contributed by atoms with Crippen LogP contribution in [0.2, 0.25) is 10.0 Å². The lowest BCUT2D eigenvalue weighted by Crippen LogP contribution is -2.11. The Kier molecular flexibility index (Phi) is 4.13. The fourth-order valence-corrected chi connectivity index (χ4v) is 3.93. The summed E-state index contributed by atoms with van der Waals surface area (Å²) in [5.74, 6) is -0.214. The van der Waals surface area contributed by atoms with Crippen LogP contribution in [0.15, 0.2) is 36.4 Å². The Morgan fingerprint density at radius 2 is 1.91 bits per heavy atom. The van der Waals surface area contributed by atoms with Crippen LogP contribution in [-0.2, 0) is 0 Å². The first-order chi connectivity index (χ1) is 10.5. The van der Waals surface area contributed by atoms with Crippen LogP contribution in [0.4, 0.5) is 5.69 Å². The number of hydrogen-bond donors (Lipinski definition) is 1. The van der Waals surface area contributed by atoms with Crippen LogP contribution in [0.1, 0.15) is 20.8 Å². The van der Waals surface area contributed by atoms with Gasteiger partial charge in [0.05, 0.1) is 5.02 Å². The van der Waals surface area contributed by atoms with E-state index in [1.54, 1.807) is 12.1 Å². The molecule has 2 nitrogen and oxygen atoms in total. The zero-order valence-corrected chi connectivity index (χ0v) is 14.4. The SMILES string of the molecule is Cc1ccc2c(Cl)c(C(=O)Nc3cccc(Cl)c3C)sc2c1. The van der Waals surface area contributed by atoms with Crippen molar-refractivity contribution in [2.75, 3.05) is 5.32 Å². The molecular formula is C17H13Cl2NOS. The number of aryl methyl sites for hydroxylation is 1. The number of carbonyl (C=O) groups excluding carboxylic acids is 1. The van der Waals surface area contributed by atoms with Crippen LogP contribution in [-0.4, -0.2) is 5.91 Å². The lowest BCUT2D eigenvalue weighted by molar-refractivity contribution is 0.103. The number of amides is 1. The highest BCUT2D eigenvalue weighted by Gasteiger charge is 2.18. The maximum Gasteiger partial charge on any atom is 0.267 e. The maximum absolute atomic E-state index is 12.5. The van der Waals surface area contributed by atoms with E-state index >= 15 is 0 Å². The molecule has 0 aliphatic carbocycles. The number of fused-ring (bicyclic) bond motifs is 1. The van der Waals surface area contributed by atoms with Crippen molar-refractivity contribution in [2.24, 2.45) is 0 Å². The number of hydrogen-bond acceptors (Lipinski definition) is 2. The summed E-state index contributed by atoms with van der Waals surface area (Å²) in [6, 6.07) is 11.4. The number of nitrogens with one attached hydrogen (secondary N) is 1. The maximum atomic E-state index is 12.5. The number of halogens is 2. The van der Waals surface area contributed by atoms with Gasteiger partial charge < -0.3 is 5.32 Å². The molecule has 0 saturated carbocycles. The predicted octanol–water partition coefficient (Wildman–Crippen LogP) is 6.08. The Labute approximate surface area is 142 Å². The minimum absolute atomic E-state index is 0.214. The summed E-state index contributed by atoms with van der Waals surface area (Å²) in [5, 5.41) is 4.91. The van der Waals surface area contributed by atoms with E-state index in [0.717, 1.165) is 21.2 Å². The Bertz CT molecular complexity index is 886. The summed E-state index contributed by atoms with van der Waals surface area (Å²) in [6.45, 7) is 3.88. The molecule has 0 saturated heterocycles. The third kappa shape index (κ3) is 2.72. The number of carbonyl (C=O) groups is 1. The van der Waals surface area contributed by atoms with Gasteiger partial charge >= 0.3 is 0 Å². The largest absolute Gasteiger partial charge is 0.321 e. The highest BCUT2D eigenvalue weighted by molar-refractivity contribution is 7.21. The quantitative estimate of drug-likeness (QED) is 0.596. The highest BCUT2D eigenvalue weighted by atomic mass is 35.5. The normalized spacial score (nSPS) is 10.9. The molecule has 0 aliphatic heterocycles. The smallest absolute Gasteiger partial charge is 0.267 e. The van der Waals surface area contributed by atoms with Crippen molar-refractivity contribution in [3.63, 3.8) is 0 Å². The van der Waals surface area contributed by atoms with Crippen molar-refractivity contribution in [3.8, 4) is 0 Å². The van der Waals surface area contributed by atoms with Gasteiger partial charge in [-0.05, 0) is 43.2 Å². The average molecular weight is 350 g/mol. The van der Waals surface area contributed by atoms with Crippen LogP contribution in [0.3, 0.4) is 0 Å². The molecule has 1 aromatic heterocycles. The van der Waals surface area contributed by atoms with E-state index in [4.69, 9.17) is 23.2 Å². The molecule has 2 aromatic carbocycles. The summed E-state index contributed by atoms with van der Waals surface area (Å²) in [5.41, 5.74) is 2.68. The van der Waals surface area contributed by atoms with E-state index in [1.165, 1.54) is 11.3 Å². The Morgan fingerprint density at radius 3 is 2.68 bits per heavy atom. The van der Waals surface area contributed by atoms with Gasteiger partial charge in [0.1, 0.15) is 4.88 Å². The molecule has 3 rings (SSSR count). The number of benzene rings is 2. The van der Waals surface area contributed by atoms with Crippen LogP contribution in [0.5, 0.6) is 0 Å². The predicted molar refractivity (Wildman–Crippen MR) is 95.7 cm³/mol. The van der Waals surface area contributed by atoms with Crippen molar-refractivity contribution in [1.29, 1.82) is 0 Å². The zero-order chi connectivity index (χ0) is 15.9. The second kappa shape index (κ2) is 5.92. The lowest BCUT2D eigenvalue weighted by atomic mass is 10.2. The first kappa shape index (κ1) is 15.3. The van der Waals surface area contributed by atoms with Crippen LogP contribution in [0, 0.1) is 13.8 Å². The molecule has 0 bridgehead atoms. The van der Waals surface area contributed by atoms with Crippen LogP contribution < -0.4 is 5.32 Å². The van der Waals surface area contributed by atoms with Crippen molar-refractivity contribution >= 4 is 56.2 Å². The topological polar surface area (TPSA) is 29.1 Å². The highest BCUT2D eigenvalue weighted by Crippen LogP contribution is 2.36. The summed E-state index contributed by atoms with van der Waals surface area (Å²) >= 11 is 13.8. The molecule has 0 radical (unpaired) electrons. The third-order valence-corrected chi connectivity index (χ3v) is 5.57. The van der Waals surface area contributed by atoms with Gasteiger partial charge in [-0.15, -0.1) is 11.3 Å². The lowest BCUT2D eigenvalue weighted by Gasteiger charge is -2.08. The molecule has 0 aliphatic rings. The molecule has 0 fully saturated rings. The molecule has 112 valence electrons. The molecule has 5 heteroatoms. The van der Waals surface area contributed by atoms with E-state index in [9.17, 15) is 4.79 Å². The molecule has 3 aromatic rings. The summed E-state index contributed by atoms with van der Waals surface area (Å²) < 4.78 is 1.01. The fourth-order valence-electron chi connectivity index (χ4n) is 2.24. The average Bonchev–Trinajstić information content (AvgIpc) is 2.80. The molecular weight excluding hydrogens is 337 g/mol. The summed E-state index contributed by atoms with van der Waals surface area (Å²) in [7, 11) is 0. The molecule has 0 unspecified atom stereocenters. The third-order valence-electron chi connectivity index (χ3n) is 3.51. The van der Waals surface area contributed by atoms with Gasteiger partial charge in [0.2, 0.25) is 0 Å². The van der Waals surface area contributed by atoms with Crippen molar-refractivity contribution < 1.29 is 4.79 Å². The Morgan fingerprint density at radius 1 is 1.14 bits per heavy atom. The van der Waals surface area contributed by atoms with Gasteiger partial charge in [-0.1, -0.05) is 41.4 Å². The van der Waals surface area contributed by atoms with Gasteiger partial charge in [0.25, 0.3) is 5.91 Å². The number of thiophene rings is 1. The minimum atomic E-state index is -0.214. The van der Waals surface area contributed by atoms with Gasteiger partial charge in [-0.2, -0.15) is 0 Å². The number of anilines is 1. The Hall–Kier alpha value is -1.55. The van der Waals surface area contributed by atoms with Gasteiger partial charge in [-0.3, -0.25) is 4.79 Å². The van der Waals surface area contributed by atoms with E-state index in [2.05, 4.69) is 5.32 Å². The van der Waals surface area contributed by atoms with E-state index in [1.807, 2.05) is 38.1 Å². The Balaban J connectivity index is 1.99. The minimum Gasteiger partial charge on any atom is -0.321 e.